The molecule has 9 nitrogen and oxygen atoms in total. The van der Waals surface area contributed by atoms with Crippen LogP contribution >= 0.6 is 0 Å². The first-order valence-electron chi connectivity index (χ1n) is 8.02. The van der Waals surface area contributed by atoms with Crippen LogP contribution in [0, 0.1) is 0 Å². The van der Waals surface area contributed by atoms with Crippen LogP contribution in [-0.2, 0) is 23.9 Å². The lowest BCUT2D eigenvalue weighted by atomic mass is 10.1. The van der Waals surface area contributed by atoms with Crippen LogP contribution in [0.15, 0.2) is 0 Å². The number of nitrogens with zero attached hydrogens (tertiary/aromatic N) is 1. The lowest BCUT2D eigenvalue weighted by molar-refractivity contribution is -0.141. The molecular weight excluding hydrogens is 316 g/mol. The summed E-state index contributed by atoms with van der Waals surface area (Å²) in [4.78, 5) is 48.9. The minimum absolute atomic E-state index is 0.00141. The van der Waals surface area contributed by atoms with Crippen LogP contribution in [0.5, 0.6) is 0 Å². The van der Waals surface area contributed by atoms with Gasteiger partial charge in [0, 0.05) is 33.0 Å². The molecule has 0 aliphatic carbocycles. The minimum Gasteiger partial charge on any atom is -0.469 e. The fraction of sp³-hybridized carbons (Fsp3) is 0.733. The van der Waals surface area contributed by atoms with Crippen LogP contribution in [-0.4, -0.2) is 67.4 Å². The first-order chi connectivity index (χ1) is 11.4. The molecular formula is C15H26N4O5. The van der Waals surface area contributed by atoms with E-state index in [1.54, 1.807) is 0 Å². The third-order valence-corrected chi connectivity index (χ3v) is 3.90. The van der Waals surface area contributed by atoms with Crippen molar-refractivity contribution in [3.63, 3.8) is 0 Å². The molecule has 0 bridgehead atoms. The Labute approximate surface area is 141 Å². The number of ether oxygens (including phenoxy) is 1. The first-order valence-corrected chi connectivity index (χ1v) is 8.02. The molecule has 24 heavy (non-hydrogen) atoms. The Morgan fingerprint density at radius 2 is 2.04 bits per heavy atom. The van der Waals surface area contributed by atoms with E-state index in [0.29, 0.717) is 13.0 Å². The Hall–Kier alpha value is -2.16. The quantitative estimate of drug-likeness (QED) is 0.461. The highest BCUT2D eigenvalue weighted by Crippen LogP contribution is 2.17. The third-order valence-electron chi connectivity index (χ3n) is 3.90. The Morgan fingerprint density at radius 3 is 2.62 bits per heavy atom. The zero-order chi connectivity index (χ0) is 18.1. The van der Waals surface area contributed by atoms with Gasteiger partial charge < -0.3 is 26.0 Å². The molecule has 1 aliphatic rings. The summed E-state index contributed by atoms with van der Waals surface area (Å²) in [7, 11) is 1.26. The first kappa shape index (κ1) is 19.9. The maximum Gasteiger partial charge on any atom is 0.305 e. The Balaban J connectivity index is 2.71. The van der Waals surface area contributed by atoms with Gasteiger partial charge in [-0.3, -0.25) is 19.2 Å². The summed E-state index contributed by atoms with van der Waals surface area (Å²) < 4.78 is 4.56. The molecule has 3 amide bonds. The lowest BCUT2D eigenvalue weighted by Gasteiger charge is -2.25. The van der Waals surface area contributed by atoms with E-state index in [1.807, 2.05) is 0 Å². The molecule has 0 radical (unpaired) electrons. The van der Waals surface area contributed by atoms with E-state index in [-0.39, 0.29) is 37.7 Å². The van der Waals surface area contributed by atoms with Gasteiger partial charge in [0.25, 0.3) is 0 Å². The van der Waals surface area contributed by atoms with Gasteiger partial charge in [-0.1, -0.05) is 0 Å². The predicted octanol–water partition coefficient (Wildman–Crippen LogP) is -1.49. The third kappa shape index (κ3) is 5.80. The largest absolute Gasteiger partial charge is 0.469 e. The average molecular weight is 342 g/mol. The summed E-state index contributed by atoms with van der Waals surface area (Å²) in [5.74, 6) is -1.44. The monoisotopic (exact) mass is 342 g/mol. The molecule has 0 aromatic heterocycles. The highest BCUT2D eigenvalue weighted by molar-refractivity contribution is 5.92. The van der Waals surface area contributed by atoms with Crippen molar-refractivity contribution in [2.24, 2.45) is 5.73 Å². The van der Waals surface area contributed by atoms with Gasteiger partial charge in [-0.2, -0.15) is 0 Å². The highest BCUT2D eigenvalue weighted by atomic mass is 16.5. The van der Waals surface area contributed by atoms with E-state index in [9.17, 15) is 19.2 Å². The number of hydrogen-bond acceptors (Lipinski definition) is 6. The van der Waals surface area contributed by atoms with Crippen molar-refractivity contribution in [1.29, 1.82) is 0 Å². The minimum atomic E-state index is -0.877. The van der Waals surface area contributed by atoms with Crippen LogP contribution in [0.4, 0.5) is 0 Å². The summed E-state index contributed by atoms with van der Waals surface area (Å²) in [5, 5.41) is 5.23. The molecule has 2 unspecified atom stereocenters. The smallest absolute Gasteiger partial charge is 0.305 e. The normalized spacial score (nSPS) is 18.0. The van der Waals surface area contributed by atoms with Gasteiger partial charge in [0.2, 0.25) is 17.7 Å². The van der Waals surface area contributed by atoms with E-state index in [2.05, 4.69) is 15.4 Å². The predicted molar refractivity (Wildman–Crippen MR) is 85.7 cm³/mol. The van der Waals surface area contributed by atoms with Crippen molar-refractivity contribution in [1.82, 2.24) is 15.5 Å². The molecule has 4 N–H and O–H groups in total. The Morgan fingerprint density at radius 1 is 1.33 bits per heavy atom. The standard InChI is InChI=1S/C15H26N4O5/c1-10(20)19-9-3-4-12(19)15(23)18-11(5-6-13(21)24-2)14(22)17-8-7-16/h11-12H,3-9,16H2,1-2H3,(H,17,22)(H,18,23). The second-order valence-corrected chi connectivity index (χ2v) is 5.63. The van der Waals surface area contributed by atoms with Crippen molar-refractivity contribution in [2.75, 3.05) is 26.7 Å². The molecule has 1 rings (SSSR count). The molecule has 1 heterocycles. The molecule has 0 spiro atoms. The molecule has 1 aliphatic heterocycles. The van der Waals surface area contributed by atoms with Crippen molar-refractivity contribution < 1.29 is 23.9 Å². The number of methoxy groups -OCH3 is 1. The van der Waals surface area contributed by atoms with E-state index in [0.717, 1.165) is 6.42 Å². The number of esters is 1. The van der Waals surface area contributed by atoms with Crippen molar-refractivity contribution in [3.05, 3.63) is 0 Å². The number of amides is 3. The van der Waals surface area contributed by atoms with Gasteiger partial charge in [-0.15, -0.1) is 0 Å². The average Bonchev–Trinajstić information content (AvgIpc) is 3.05. The molecule has 136 valence electrons. The van der Waals surface area contributed by atoms with Crippen LogP contribution in [0.1, 0.15) is 32.6 Å². The highest BCUT2D eigenvalue weighted by Gasteiger charge is 2.34. The Bertz CT molecular complexity index is 482. The van der Waals surface area contributed by atoms with E-state index < -0.39 is 24.0 Å². The SMILES string of the molecule is COC(=O)CCC(NC(=O)C1CCCN1C(C)=O)C(=O)NCCN. The van der Waals surface area contributed by atoms with Crippen molar-refractivity contribution in [2.45, 2.75) is 44.7 Å². The zero-order valence-electron chi connectivity index (χ0n) is 14.2. The Kier molecular flexibility index (Phi) is 8.17. The number of carbonyl (C=O) groups excluding carboxylic acids is 4. The summed E-state index contributed by atoms with van der Waals surface area (Å²) in [5.41, 5.74) is 5.35. The fourth-order valence-corrected chi connectivity index (χ4v) is 2.64. The molecule has 0 saturated carbocycles. The number of rotatable bonds is 8. The molecule has 1 fully saturated rings. The zero-order valence-corrected chi connectivity index (χ0v) is 14.2. The number of nitrogens with one attached hydrogen (secondary N) is 2. The van der Waals surface area contributed by atoms with Gasteiger partial charge in [-0.05, 0) is 19.3 Å². The van der Waals surface area contributed by atoms with Gasteiger partial charge in [-0.25, -0.2) is 0 Å². The number of likely N-dealkylation sites (tertiary alicyclic amines) is 1. The van der Waals surface area contributed by atoms with Crippen LogP contribution < -0.4 is 16.4 Å². The van der Waals surface area contributed by atoms with Crippen molar-refractivity contribution >= 4 is 23.7 Å². The molecule has 2 atom stereocenters. The van der Waals surface area contributed by atoms with Gasteiger partial charge in [0.1, 0.15) is 12.1 Å². The molecule has 9 heteroatoms. The van der Waals surface area contributed by atoms with Crippen LogP contribution in [0.2, 0.25) is 0 Å². The molecule has 0 aromatic rings. The topological polar surface area (TPSA) is 131 Å². The van der Waals surface area contributed by atoms with E-state index >= 15 is 0 Å². The maximum atomic E-state index is 12.4. The second kappa shape index (κ2) is 9.86. The number of nitrogens with two attached hydrogens (primary N) is 1. The van der Waals surface area contributed by atoms with E-state index in [4.69, 9.17) is 5.73 Å². The fourth-order valence-electron chi connectivity index (χ4n) is 2.64. The maximum absolute atomic E-state index is 12.4. The van der Waals surface area contributed by atoms with E-state index in [1.165, 1.54) is 18.9 Å². The number of hydrogen-bond donors (Lipinski definition) is 3. The summed E-state index contributed by atoms with van der Waals surface area (Å²) in [6, 6.07) is -1.46. The summed E-state index contributed by atoms with van der Waals surface area (Å²) in [6.07, 6.45) is 1.41. The van der Waals surface area contributed by atoms with Gasteiger partial charge >= 0.3 is 5.97 Å². The summed E-state index contributed by atoms with van der Waals surface area (Å²) in [6.45, 7) is 2.48. The molecule has 0 aromatic carbocycles. The second-order valence-electron chi connectivity index (χ2n) is 5.63. The molecule has 1 saturated heterocycles. The van der Waals surface area contributed by atoms with Crippen LogP contribution in [0.25, 0.3) is 0 Å². The summed E-state index contributed by atoms with van der Waals surface area (Å²) >= 11 is 0. The van der Waals surface area contributed by atoms with Gasteiger partial charge in [0.15, 0.2) is 0 Å². The lowest BCUT2D eigenvalue weighted by Crippen LogP contribution is -2.53. The van der Waals surface area contributed by atoms with Crippen molar-refractivity contribution in [3.8, 4) is 0 Å². The number of carbonyl (C=O) groups is 4. The van der Waals surface area contributed by atoms with Crippen LogP contribution in [0.3, 0.4) is 0 Å². The van der Waals surface area contributed by atoms with Gasteiger partial charge in [0.05, 0.1) is 7.11 Å².